The molecular formula is C24H28N4O3. The highest BCUT2D eigenvalue weighted by atomic mass is 16.5. The summed E-state index contributed by atoms with van der Waals surface area (Å²) in [6.45, 7) is 2.81. The molecule has 0 radical (unpaired) electrons. The molecule has 2 aromatic carbocycles. The Hall–Kier alpha value is -3.61. The lowest BCUT2D eigenvalue weighted by Gasteiger charge is -2.27. The molecule has 0 aromatic heterocycles. The number of carbonyl (C=O) groups is 2. The zero-order chi connectivity index (χ0) is 22.4. The van der Waals surface area contributed by atoms with Crippen molar-refractivity contribution in [2.75, 3.05) is 20.2 Å². The van der Waals surface area contributed by atoms with Crippen LogP contribution in [0.4, 0.5) is 0 Å². The van der Waals surface area contributed by atoms with Crippen LogP contribution in [0.15, 0.2) is 54.2 Å². The van der Waals surface area contributed by atoms with Crippen molar-refractivity contribution < 1.29 is 14.3 Å². The average Bonchev–Trinajstić information content (AvgIpc) is 3.21. The summed E-state index contributed by atoms with van der Waals surface area (Å²) in [7, 11) is 1.55. The smallest absolute Gasteiger partial charge is 0.254 e. The molecule has 0 saturated carbocycles. The van der Waals surface area contributed by atoms with Gasteiger partial charge in [-0.05, 0) is 42.3 Å². The lowest BCUT2D eigenvalue weighted by atomic mass is 9.73. The summed E-state index contributed by atoms with van der Waals surface area (Å²) in [4.78, 5) is 25.5. The summed E-state index contributed by atoms with van der Waals surface area (Å²) in [5.74, 6) is -0.0685. The van der Waals surface area contributed by atoms with E-state index in [1.54, 1.807) is 13.1 Å². The Morgan fingerprint density at radius 3 is 2.58 bits per heavy atom. The first-order valence-corrected chi connectivity index (χ1v) is 10.3. The number of benzene rings is 2. The van der Waals surface area contributed by atoms with E-state index in [0.29, 0.717) is 42.0 Å². The monoisotopic (exact) mass is 420 g/mol. The molecule has 1 unspecified atom stereocenters. The maximum atomic E-state index is 12.9. The van der Waals surface area contributed by atoms with Crippen LogP contribution in [0, 0.1) is 5.41 Å². The minimum atomic E-state index is -0.439. The Morgan fingerprint density at radius 2 is 1.97 bits per heavy atom. The van der Waals surface area contributed by atoms with E-state index in [2.05, 4.69) is 17.6 Å². The van der Waals surface area contributed by atoms with Gasteiger partial charge in [0.15, 0.2) is 0 Å². The third kappa shape index (κ3) is 4.17. The second kappa shape index (κ2) is 9.47. The summed E-state index contributed by atoms with van der Waals surface area (Å²) >= 11 is 0. The minimum absolute atomic E-state index is 0.292. The molecule has 1 atom stereocenters. The first-order valence-electron chi connectivity index (χ1n) is 10.3. The van der Waals surface area contributed by atoms with Crippen LogP contribution >= 0.6 is 0 Å². The van der Waals surface area contributed by atoms with Gasteiger partial charge in [0.1, 0.15) is 12.4 Å². The topological polar surface area (TPSA) is 117 Å². The molecular weight excluding hydrogens is 392 g/mol. The number of hydrogen-bond donors (Lipinski definition) is 4. The fourth-order valence-corrected chi connectivity index (χ4v) is 3.97. The molecule has 1 aliphatic heterocycles. The van der Waals surface area contributed by atoms with Gasteiger partial charge >= 0.3 is 0 Å². The van der Waals surface area contributed by atoms with Crippen molar-refractivity contribution in [1.82, 2.24) is 10.6 Å². The summed E-state index contributed by atoms with van der Waals surface area (Å²) in [5.41, 5.74) is 8.31. The number of nitrogens with two attached hydrogens (primary N) is 1. The molecule has 7 nitrogen and oxygen atoms in total. The Bertz CT molecular complexity index is 1020. The maximum Gasteiger partial charge on any atom is 0.254 e. The van der Waals surface area contributed by atoms with Gasteiger partial charge < -0.3 is 26.5 Å². The van der Waals surface area contributed by atoms with Crippen LogP contribution in [0.1, 0.15) is 51.6 Å². The number of amides is 2. The lowest BCUT2D eigenvalue weighted by molar-refractivity contribution is 0.0954. The van der Waals surface area contributed by atoms with Crippen molar-refractivity contribution >= 4 is 18.0 Å². The van der Waals surface area contributed by atoms with Crippen molar-refractivity contribution in [3.8, 4) is 5.75 Å². The number of carbonyl (C=O) groups excluding carboxylic acids is 2. The van der Waals surface area contributed by atoms with E-state index >= 15 is 0 Å². The average molecular weight is 421 g/mol. The molecule has 31 heavy (non-hydrogen) atoms. The molecule has 162 valence electrons. The number of ether oxygens (including phenoxy) is 1. The van der Waals surface area contributed by atoms with E-state index in [0.717, 1.165) is 23.8 Å². The van der Waals surface area contributed by atoms with Gasteiger partial charge in [-0.3, -0.25) is 9.59 Å². The van der Waals surface area contributed by atoms with Crippen molar-refractivity contribution in [1.29, 1.82) is 5.41 Å². The molecule has 0 fully saturated rings. The SMILES string of the molecule is CCC1(c2ccccc2)COc2c(C(=O)NC)cc(C(=O)NCC/C(C=N)=C/N)cc21. The van der Waals surface area contributed by atoms with Crippen LogP contribution in [0.3, 0.4) is 0 Å². The fraction of sp³-hybridized carbons (Fsp3) is 0.292. The van der Waals surface area contributed by atoms with Crippen LogP contribution < -0.4 is 21.1 Å². The van der Waals surface area contributed by atoms with Crippen molar-refractivity contribution in [2.24, 2.45) is 5.73 Å². The number of fused-ring (bicyclic) bond motifs is 1. The molecule has 1 heterocycles. The zero-order valence-electron chi connectivity index (χ0n) is 17.8. The van der Waals surface area contributed by atoms with Crippen molar-refractivity contribution in [3.63, 3.8) is 0 Å². The van der Waals surface area contributed by atoms with Gasteiger partial charge in [-0.25, -0.2) is 0 Å². The van der Waals surface area contributed by atoms with Gasteiger partial charge in [0.25, 0.3) is 11.8 Å². The van der Waals surface area contributed by atoms with Gasteiger partial charge in [0.05, 0.1) is 11.0 Å². The Labute approximate surface area is 182 Å². The third-order valence-corrected chi connectivity index (χ3v) is 5.83. The predicted octanol–water partition coefficient (Wildman–Crippen LogP) is 2.75. The van der Waals surface area contributed by atoms with Crippen LogP contribution in [0.25, 0.3) is 0 Å². The number of nitrogens with one attached hydrogen (secondary N) is 3. The van der Waals surface area contributed by atoms with E-state index in [1.807, 2.05) is 36.4 Å². The Kier molecular flexibility index (Phi) is 6.74. The highest BCUT2D eigenvalue weighted by Crippen LogP contribution is 2.47. The fourth-order valence-electron chi connectivity index (χ4n) is 3.97. The molecule has 2 aromatic rings. The number of rotatable bonds is 8. The molecule has 0 aliphatic carbocycles. The van der Waals surface area contributed by atoms with Gasteiger partial charge in [-0.1, -0.05) is 37.3 Å². The van der Waals surface area contributed by atoms with E-state index in [-0.39, 0.29) is 11.8 Å². The highest BCUT2D eigenvalue weighted by molar-refractivity contribution is 6.02. The van der Waals surface area contributed by atoms with Crippen LogP contribution in [0.2, 0.25) is 0 Å². The van der Waals surface area contributed by atoms with E-state index in [9.17, 15) is 9.59 Å². The highest BCUT2D eigenvalue weighted by Gasteiger charge is 2.43. The number of hydrogen-bond acceptors (Lipinski definition) is 5. The molecule has 2 amide bonds. The second-order valence-electron chi connectivity index (χ2n) is 7.46. The van der Waals surface area contributed by atoms with Gasteiger partial charge in [0.2, 0.25) is 0 Å². The zero-order valence-corrected chi connectivity index (χ0v) is 17.8. The van der Waals surface area contributed by atoms with Crippen molar-refractivity contribution in [3.05, 3.63) is 76.5 Å². The van der Waals surface area contributed by atoms with Gasteiger partial charge in [-0.2, -0.15) is 0 Å². The second-order valence-corrected chi connectivity index (χ2v) is 7.46. The standard InChI is InChI=1S/C24H28N4O3/c1-3-24(18-7-5-4-6-8-18)15-31-21-19(23(30)27-2)11-17(12-20(21)24)22(29)28-10-9-16(13-25)14-26/h4-8,11-14,25H,3,9-10,15,26H2,1-2H3,(H,27,30)(H,28,29)/b16-14-,25-13?. The molecule has 0 spiro atoms. The molecule has 1 aliphatic rings. The minimum Gasteiger partial charge on any atom is -0.491 e. The predicted molar refractivity (Wildman–Crippen MR) is 121 cm³/mol. The van der Waals surface area contributed by atoms with Gasteiger partial charge in [0, 0.05) is 30.9 Å². The van der Waals surface area contributed by atoms with Crippen LogP contribution in [0.5, 0.6) is 5.75 Å². The van der Waals surface area contributed by atoms with E-state index in [1.165, 1.54) is 6.20 Å². The molecule has 7 heteroatoms. The Morgan fingerprint density at radius 1 is 1.23 bits per heavy atom. The first-order chi connectivity index (χ1) is 15.0. The quantitative estimate of drug-likeness (QED) is 0.491. The van der Waals surface area contributed by atoms with E-state index in [4.69, 9.17) is 15.9 Å². The molecule has 5 N–H and O–H groups in total. The van der Waals surface area contributed by atoms with Crippen molar-refractivity contribution in [2.45, 2.75) is 25.2 Å². The Balaban J connectivity index is 2.03. The summed E-state index contributed by atoms with van der Waals surface area (Å²) < 4.78 is 6.05. The third-order valence-electron chi connectivity index (χ3n) is 5.83. The summed E-state index contributed by atoms with van der Waals surface area (Å²) in [5, 5.41) is 12.8. The van der Waals surface area contributed by atoms with E-state index < -0.39 is 5.41 Å². The lowest BCUT2D eigenvalue weighted by Crippen LogP contribution is -2.30. The van der Waals surface area contributed by atoms with Crippen LogP contribution in [-0.4, -0.2) is 38.2 Å². The molecule has 0 saturated heterocycles. The summed E-state index contributed by atoms with van der Waals surface area (Å²) in [6, 6.07) is 13.4. The molecule has 0 bridgehead atoms. The van der Waals surface area contributed by atoms with Crippen LogP contribution in [-0.2, 0) is 5.41 Å². The maximum absolute atomic E-state index is 12.9. The normalized spacial score (nSPS) is 17.4. The van der Waals surface area contributed by atoms with Gasteiger partial charge in [-0.15, -0.1) is 0 Å². The largest absolute Gasteiger partial charge is 0.491 e. The first kappa shape index (κ1) is 22.1. The molecule has 3 rings (SSSR count). The summed E-state index contributed by atoms with van der Waals surface area (Å²) in [6.07, 6.45) is 3.72.